The predicted molar refractivity (Wildman–Crippen MR) is 117 cm³/mol. The van der Waals surface area contributed by atoms with Gasteiger partial charge in [-0.3, -0.25) is 9.98 Å². The van der Waals surface area contributed by atoms with E-state index in [9.17, 15) is 0 Å². The van der Waals surface area contributed by atoms with Crippen molar-refractivity contribution in [2.24, 2.45) is 4.99 Å². The van der Waals surface area contributed by atoms with Gasteiger partial charge in [0, 0.05) is 18.3 Å². The van der Waals surface area contributed by atoms with E-state index in [4.69, 9.17) is 39.8 Å². The van der Waals surface area contributed by atoms with Crippen LogP contribution in [-0.4, -0.2) is 32.6 Å². The van der Waals surface area contributed by atoms with Gasteiger partial charge in [0.2, 0.25) is 0 Å². The molecule has 0 fully saturated rings. The van der Waals surface area contributed by atoms with E-state index in [1.165, 1.54) is 0 Å². The Balaban J connectivity index is 2.05. The number of hydrogen-bond donors (Lipinski definition) is 1. The summed E-state index contributed by atoms with van der Waals surface area (Å²) in [4.78, 5) is 18.1. The van der Waals surface area contributed by atoms with Gasteiger partial charge >= 0.3 is 0 Å². The lowest BCUT2D eigenvalue weighted by Gasteiger charge is -2.33. The molecule has 1 N–H and O–H groups in total. The topological polar surface area (TPSA) is 63.1 Å². The van der Waals surface area contributed by atoms with Crippen molar-refractivity contribution < 1.29 is 0 Å². The zero-order valence-corrected chi connectivity index (χ0v) is 18.3. The third kappa shape index (κ3) is 4.17. The second kappa shape index (κ2) is 8.76. The standard InChI is InChI=1S/C20H22Cl3N5/c1-12-16(22)19(27-13(2)26-12)28-18(15-8-4-5-10-24-15)20(3)17(23)14(11-25-20)7-6-9-21/h4-5,8,10-11,18H,6-7,9H2,1-3H3,(H,26,27,28). The van der Waals surface area contributed by atoms with Crippen molar-refractivity contribution in [3.63, 3.8) is 0 Å². The van der Waals surface area contributed by atoms with Crippen LogP contribution in [0.4, 0.5) is 5.82 Å². The molecule has 28 heavy (non-hydrogen) atoms. The first-order valence-electron chi connectivity index (χ1n) is 9.05. The van der Waals surface area contributed by atoms with Crippen molar-refractivity contribution in [1.29, 1.82) is 0 Å². The fourth-order valence-electron chi connectivity index (χ4n) is 3.26. The molecule has 1 aliphatic rings. The minimum Gasteiger partial charge on any atom is -0.358 e. The number of anilines is 1. The van der Waals surface area contributed by atoms with E-state index in [0.29, 0.717) is 33.3 Å². The first-order chi connectivity index (χ1) is 13.4. The normalized spacial score (nSPS) is 19.9. The molecule has 3 rings (SSSR count). The summed E-state index contributed by atoms with van der Waals surface area (Å²) in [6.45, 7) is 5.67. The van der Waals surface area contributed by atoms with Crippen LogP contribution in [0.5, 0.6) is 0 Å². The Kier molecular flexibility index (Phi) is 6.58. The lowest BCUT2D eigenvalue weighted by Crippen LogP contribution is -2.36. The average Bonchev–Trinajstić information content (AvgIpc) is 2.97. The lowest BCUT2D eigenvalue weighted by atomic mass is 9.88. The maximum atomic E-state index is 6.81. The number of nitrogens with one attached hydrogen (secondary N) is 1. The molecule has 5 nitrogen and oxygen atoms in total. The molecule has 0 spiro atoms. The second-order valence-corrected chi connectivity index (χ2v) is 8.02. The molecule has 2 unspecified atom stereocenters. The van der Waals surface area contributed by atoms with Crippen LogP contribution in [0.25, 0.3) is 0 Å². The van der Waals surface area contributed by atoms with E-state index < -0.39 is 5.54 Å². The molecule has 148 valence electrons. The van der Waals surface area contributed by atoms with Gasteiger partial charge in [0.05, 0.1) is 22.5 Å². The molecule has 0 aromatic carbocycles. The molecule has 2 aromatic rings. The van der Waals surface area contributed by atoms with Gasteiger partial charge in [-0.1, -0.05) is 29.3 Å². The van der Waals surface area contributed by atoms with Crippen molar-refractivity contribution in [1.82, 2.24) is 15.0 Å². The maximum absolute atomic E-state index is 6.81. The van der Waals surface area contributed by atoms with Gasteiger partial charge in [-0.15, -0.1) is 11.6 Å². The average molecular weight is 439 g/mol. The van der Waals surface area contributed by atoms with Crippen LogP contribution in [0.15, 0.2) is 40.0 Å². The molecule has 8 heteroatoms. The zero-order chi connectivity index (χ0) is 20.3. The number of aliphatic imine (C=N–C) groups is 1. The molecule has 1 aliphatic heterocycles. The first-order valence-corrected chi connectivity index (χ1v) is 10.3. The summed E-state index contributed by atoms with van der Waals surface area (Å²) < 4.78 is 0. The van der Waals surface area contributed by atoms with Gasteiger partial charge in [0.15, 0.2) is 0 Å². The van der Waals surface area contributed by atoms with E-state index in [0.717, 1.165) is 24.1 Å². The lowest BCUT2D eigenvalue weighted by molar-refractivity contribution is 0.488. The van der Waals surface area contributed by atoms with Gasteiger partial charge < -0.3 is 5.32 Å². The third-order valence-electron chi connectivity index (χ3n) is 4.75. The highest BCUT2D eigenvalue weighted by Gasteiger charge is 2.43. The Bertz CT molecular complexity index is 914. The number of alkyl halides is 1. The highest BCUT2D eigenvalue weighted by molar-refractivity contribution is 6.34. The summed E-state index contributed by atoms with van der Waals surface area (Å²) in [6, 6.07) is 5.38. The number of aromatic nitrogens is 3. The molecule has 0 saturated heterocycles. The SMILES string of the molecule is Cc1nc(C)c(Cl)c(NC(c2ccccn2)C2(C)N=CC(CCCCl)=C2Cl)n1. The van der Waals surface area contributed by atoms with Crippen LogP contribution in [0, 0.1) is 13.8 Å². The van der Waals surface area contributed by atoms with Crippen LogP contribution < -0.4 is 5.32 Å². The summed E-state index contributed by atoms with van der Waals surface area (Å²) in [5, 5.41) is 4.58. The fourth-order valence-corrected chi connectivity index (χ4v) is 3.84. The van der Waals surface area contributed by atoms with Crippen molar-refractivity contribution in [2.45, 2.75) is 45.2 Å². The first kappa shape index (κ1) is 21.0. The van der Waals surface area contributed by atoms with E-state index >= 15 is 0 Å². The molecule has 2 aromatic heterocycles. The Morgan fingerprint density at radius 2 is 1.96 bits per heavy atom. The predicted octanol–water partition coefficient (Wildman–Crippen LogP) is 5.65. The molecule has 0 aliphatic carbocycles. The highest BCUT2D eigenvalue weighted by Crippen LogP contribution is 2.44. The Labute approximate surface area is 180 Å². The fraction of sp³-hybridized carbons (Fsp3) is 0.400. The summed E-state index contributed by atoms with van der Waals surface area (Å²) in [6.07, 6.45) is 5.20. The highest BCUT2D eigenvalue weighted by atomic mass is 35.5. The van der Waals surface area contributed by atoms with Crippen LogP contribution in [0.3, 0.4) is 0 Å². The number of allylic oxidation sites excluding steroid dienone is 1. The van der Waals surface area contributed by atoms with Crippen LogP contribution in [-0.2, 0) is 0 Å². The monoisotopic (exact) mass is 437 g/mol. The minimum absolute atomic E-state index is 0.364. The van der Waals surface area contributed by atoms with Gasteiger partial charge in [-0.25, -0.2) is 9.97 Å². The van der Waals surface area contributed by atoms with Gasteiger partial charge in [0.1, 0.15) is 22.2 Å². The van der Waals surface area contributed by atoms with Crippen molar-refractivity contribution in [3.8, 4) is 0 Å². The number of pyridine rings is 1. The third-order valence-corrected chi connectivity index (χ3v) is 6.10. The van der Waals surface area contributed by atoms with Gasteiger partial charge in [-0.05, 0) is 51.3 Å². The van der Waals surface area contributed by atoms with Gasteiger partial charge in [-0.2, -0.15) is 0 Å². The smallest absolute Gasteiger partial charge is 0.149 e. The van der Waals surface area contributed by atoms with Crippen molar-refractivity contribution >= 4 is 46.8 Å². The number of rotatable bonds is 7. The Hall–Kier alpha value is -1.69. The molecule has 0 amide bonds. The summed E-state index contributed by atoms with van der Waals surface area (Å²) >= 11 is 19.1. The zero-order valence-electron chi connectivity index (χ0n) is 16.0. The van der Waals surface area contributed by atoms with Crippen molar-refractivity contribution in [2.75, 3.05) is 11.2 Å². The van der Waals surface area contributed by atoms with E-state index in [2.05, 4.69) is 20.3 Å². The van der Waals surface area contributed by atoms with E-state index in [-0.39, 0.29) is 6.04 Å². The van der Waals surface area contributed by atoms with Crippen LogP contribution in [0.1, 0.15) is 43.0 Å². The van der Waals surface area contributed by atoms with E-state index in [1.807, 2.05) is 45.2 Å². The van der Waals surface area contributed by atoms with E-state index in [1.54, 1.807) is 6.20 Å². The number of hydrogen-bond acceptors (Lipinski definition) is 5. The summed E-state index contributed by atoms with van der Waals surface area (Å²) in [5.41, 5.74) is 1.76. The Morgan fingerprint density at radius 1 is 1.18 bits per heavy atom. The Morgan fingerprint density at radius 3 is 2.64 bits per heavy atom. The molecule has 0 saturated carbocycles. The number of aryl methyl sites for hydroxylation is 2. The molecule has 0 radical (unpaired) electrons. The molecule has 3 heterocycles. The van der Waals surface area contributed by atoms with Gasteiger partial charge in [0.25, 0.3) is 0 Å². The molecular formula is C20H22Cl3N5. The number of halogens is 3. The molecular weight excluding hydrogens is 417 g/mol. The largest absolute Gasteiger partial charge is 0.358 e. The quantitative estimate of drug-likeness (QED) is 0.567. The molecule has 2 atom stereocenters. The summed E-state index contributed by atoms with van der Waals surface area (Å²) in [7, 11) is 0. The van der Waals surface area contributed by atoms with Crippen LogP contribution >= 0.6 is 34.8 Å². The second-order valence-electron chi connectivity index (χ2n) is 6.89. The minimum atomic E-state index is -0.742. The maximum Gasteiger partial charge on any atom is 0.149 e. The van der Waals surface area contributed by atoms with Crippen molar-refractivity contribution in [3.05, 3.63) is 57.2 Å². The van der Waals surface area contributed by atoms with Crippen LogP contribution in [0.2, 0.25) is 5.02 Å². The molecule has 0 bridgehead atoms. The number of nitrogens with zero attached hydrogens (tertiary/aromatic N) is 4. The summed E-state index contributed by atoms with van der Waals surface area (Å²) in [5.74, 6) is 1.75.